The highest BCUT2D eigenvalue weighted by atomic mass is 16.1. The number of hydrogen-bond acceptors (Lipinski definition) is 1. The van der Waals surface area contributed by atoms with Crippen LogP contribution in [0.25, 0.3) is 0 Å². The molecule has 0 aromatic heterocycles. The Labute approximate surface area is 110 Å². The van der Waals surface area contributed by atoms with Gasteiger partial charge in [-0.2, -0.15) is 0 Å². The summed E-state index contributed by atoms with van der Waals surface area (Å²) in [6.07, 6.45) is 8.39. The van der Waals surface area contributed by atoms with Gasteiger partial charge in [-0.3, -0.25) is 4.79 Å². The van der Waals surface area contributed by atoms with Crippen molar-refractivity contribution in [3.63, 3.8) is 0 Å². The SMILES string of the molecule is CC1=C2C3=CCC[C@H](C)[C@@H]3CC[C@@H](C)[C@@H]2CC1=O. The number of carbonyl (C=O) groups is 1. The van der Waals surface area contributed by atoms with Gasteiger partial charge < -0.3 is 0 Å². The smallest absolute Gasteiger partial charge is 0.159 e. The molecule has 98 valence electrons. The van der Waals surface area contributed by atoms with Gasteiger partial charge in [-0.25, -0.2) is 0 Å². The van der Waals surface area contributed by atoms with Crippen LogP contribution in [-0.2, 0) is 4.79 Å². The summed E-state index contributed by atoms with van der Waals surface area (Å²) in [5.41, 5.74) is 4.10. The molecule has 0 aliphatic heterocycles. The van der Waals surface area contributed by atoms with Crippen LogP contribution in [0.2, 0.25) is 0 Å². The first-order valence-corrected chi connectivity index (χ1v) is 7.54. The lowest BCUT2D eigenvalue weighted by Crippen LogP contribution is -2.19. The van der Waals surface area contributed by atoms with Gasteiger partial charge in [0.1, 0.15) is 0 Å². The number of allylic oxidation sites excluding steroid dienone is 4. The predicted octanol–water partition coefficient (Wildman–Crippen LogP) is 4.29. The second-order valence-corrected chi connectivity index (χ2v) is 6.65. The Hall–Kier alpha value is -0.850. The fraction of sp³-hybridized carbons (Fsp3) is 0.706. The molecule has 18 heavy (non-hydrogen) atoms. The summed E-state index contributed by atoms with van der Waals surface area (Å²) < 4.78 is 0. The van der Waals surface area contributed by atoms with E-state index >= 15 is 0 Å². The number of Topliss-reactive ketones (excluding diaryl/α,β-unsaturated/α-hetero) is 1. The first-order valence-electron chi connectivity index (χ1n) is 7.54. The van der Waals surface area contributed by atoms with Gasteiger partial charge >= 0.3 is 0 Å². The largest absolute Gasteiger partial charge is 0.295 e. The first kappa shape index (κ1) is 12.2. The Morgan fingerprint density at radius 1 is 1.06 bits per heavy atom. The topological polar surface area (TPSA) is 17.1 Å². The highest BCUT2D eigenvalue weighted by molar-refractivity contribution is 5.99. The van der Waals surface area contributed by atoms with Gasteiger partial charge in [0.25, 0.3) is 0 Å². The van der Waals surface area contributed by atoms with Crippen LogP contribution in [0.5, 0.6) is 0 Å². The second kappa shape index (κ2) is 4.36. The van der Waals surface area contributed by atoms with Crippen molar-refractivity contribution in [1.82, 2.24) is 0 Å². The van der Waals surface area contributed by atoms with Crippen molar-refractivity contribution in [1.29, 1.82) is 0 Å². The van der Waals surface area contributed by atoms with Crippen LogP contribution < -0.4 is 0 Å². The van der Waals surface area contributed by atoms with Gasteiger partial charge in [0, 0.05) is 6.42 Å². The molecule has 1 heteroatoms. The molecule has 0 unspecified atom stereocenters. The van der Waals surface area contributed by atoms with E-state index in [0.29, 0.717) is 17.6 Å². The fourth-order valence-corrected chi connectivity index (χ4v) is 4.35. The molecule has 3 rings (SSSR count). The van der Waals surface area contributed by atoms with E-state index in [1.54, 1.807) is 5.57 Å². The average Bonchev–Trinajstić information content (AvgIpc) is 2.55. The third-order valence-electron chi connectivity index (χ3n) is 5.60. The third kappa shape index (κ3) is 1.71. The summed E-state index contributed by atoms with van der Waals surface area (Å²) in [5, 5.41) is 0. The lowest BCUT2D eigenvalue weighted by molar-refractivity contribution is -0.115. The van der Waals surface area contributed by atoms with Gasteiger partial charge in [-0.15, -0.1) is 0 Å². The van der Waals surface area contributed by atoms with Gasteiger partial charge in [0.15, 0.2) is 5.78 Å². The highest BCUT2D eigenvalue weighted by Gasteiger charge is 2.41. The van der Waals surface area contributed by atoms with E-state index in [1.807, 2.05) is 0 Å². The molecule has 1 nitrogen and oxygen atoms in total. The summed E-state index contributed by atoms with van der Waals surface area (Å²) in [5.74, 6) is 3.13. The molecular weight excluding hydrogens is 220 g/mol. The van der Waals surface area contributed by atoms with E-state index in [-0.39, 0.29) is 0 Å². The van der Waals surface area contributed by atoms with Gasteiger partial charge in [-0.1, -0.05) is 19.9 Å². The fourth-order valence-electron chi connectivity index (χ4n) is 4.35. The minimum absolute atomic E-state index is 0.404. The van der Waals surface area contributed by atoms with Crippen LogP contribution >= 0.6 is 0 Å². The second-order valence-electron chi connectivity index (χ2n) is 6.65. The maximum atomic E-state index is 12.1. The molecule has 0 spiro atoms. The molecule has 3 aliphatic carbocycles. The molecule has 3 aliphatic rings. The summed E-state index contributed by atoms with van der Waals surface area (Å²) in [6, 6.07) is 0. The van der Waals surface area contributed by atoms with E-state index in [9.17, 15) is 4.79 Å². The number of rotatable bonds is 0. The lowest BCUT2D eigenvalue weighted by Gasteiger charge is -2.30. The zero-order chi connectivity index (χ0) is 12.9. The van der Waals surface area contributed by atoms with E-state index in [1.165, 1.54) is 31.3 Å². The third-order valence-corrected chi connectivity index (χ3v) is 5.60. The van der Waals surface area contributed by atoms with Crippen LogP contribution in [0.1, 0.15) is 52.9 Å². The van der Waals surface area contributed by atoms with Crippen molar-refractivity contribution < 1.29 is 4.79 Å². The number of carbonyl (C=O) groups excluding carboxylic acids is 1. The van der Waals surface area contributed by atoms with Crippen molar-refractivity contribution >= 4 is 5.78 Å². The van der Waals surface area contributed by atoms with Crippen molar-refractivity contribution in [2.75, 3.05) is 0 Å². The highest BCUT2D eigenvalue weighted by Crippen LogP contribution is 2.50. The van der Waals surface area contributed by atoms with Crippen LogP contribution in [0.3, 0.4) is 0 Å². The number of ketones is 1. The van der Waals surface area contributed by atoms with E-state index in [4.69, 9.17) is 0 Å². The van der Waals surface area contributed by atoms with Crippen molar-refractivity contribution in [3.8, 4) is 0 Å². The normalized spacial score (nSPS) is 40.2. The van der Waals surface area contributed by atoms with Crippen LogP contribution in [0.4, 0.5) is 0 Å². The van der Waals surface area contributed by atoms with Crippen molar-refractivity contribution in [3.05, 3.63) is 22.8 Å². The molecule has 0 bridgehead atoms. The number of fused-ring (bicyclic) bond motifs is 3. The monoisotopic (exact) mass is 244 g/mol. The molecular formula is C17H24O. The Balaban J connectivity index is 2.09. The molecule has 0 aromatic carbocycles. The Kier molecular flexibility index (Phi) is 2.96. The molecule has 0 aromatic rings. The summed E-state index contributed by atoms with van der Waals surface area (Å²) in [4.78, 5) is 12.1. The standard InChI is InChI=1S/C17H24O/c1-10-5-4-6-14-13(10)8-7-11(2)15-9-16(18)12(3)17(14)15/h6,10-11,13,15H,4-5,7-9H2,1-3H3/t10-,11+,13-,15-/m0/s1. The lowest BCUT2D eigenvalue weighted by atomic mass is 9.74. The van der Waals surface area contributed by atoms with Crippen LogP contribution in [0, 0.1) is 23.7 Å². The minimum atomic E-state index is 0.404. The van der Waals surface area contributed by atoms with Gasteiger partial charge in [0.2, 0.25) is 0 Å². The molecule has 0 heterocycles. The molecule has 4 atom stereocenters. The quantitative estimate of drug-likeness (QED) is 0.621. The first-order chi connectivity index (χ1) is 8.59. The molecule has 1 fully saturated rings. The molecule has 0 N–H and O–H groups in total. The van der Waals surface area contributed by atoms with E-state index in [2.05, 4.69) is 26.8 Å². The summed E-state index contributed by atoms with van der Waals surface area (Å²) in [6.45, 7) is 6.81. The van der Waals surface area contributed by atoms with E-state index in [0.717, 1.165) is 23.8 Å². The molecule has 0 saturated heterocycles. The molecule has 1 saturated carbocycles. The average molecular weight is 244 g/mol. The number of hydrogen-bond donors (Lipinski definition) is 0. The molecule has 0 amide bonds. The Morgan fingerprint density at radius 3 is 2.56 bits per heavy atom. The predicted molar refractivity (Wildman–Crippen MR) is 74.2 cm³/mol. The summed E-state index contributed by atoms with van der Waals surface area (Å²) in [7, 11) is 0. The van der Waals surface area contributed by atoms with Gasteiger partial charge in [0.05, 0.1) is 0 Å². The van der Waals surface area contributed by atoms with E-state index < -0.39 is 0 Å². The van der Waals surface area contributed by atoms with Gasteiger partial charge in [-0.05, 0) is 73.0 Å². The Morgan fingerprint density at radius 2 is 1.78 bits per heavy atom. The zero-order valence-corrected chi connectivity index (χ0v) is 11.8. The van der Waals surface area contributed by atoms with Crippen molar-refractivity contribution in [2.24, 2.45) is 23.7 Å². The maximum Gasteiger partial charge on any atom is 0.159 e. The minimum Gasteiger partial charge on any atom is -0.295 e. The maximum absolute atomic E-state index is 12.1. The Bertz CT molecular complexity index is 441. The summed E-state index contributed by atoms with van der Waals surface area (Å²) >= 11 is 0. The van der Waals surface area contributed by atoms with Crippen LogP contribution in [-0.4, -0.2) is 5.78 Å². The zero-order valence-electron chi connectivity index (χ0n) is 11.8. The van der Waals surface area contributed by atoms with Crippen LogP contribution in [0.15, 0.2) is 22.8 Å². The van der Waals surface area contributed by atoms with Crippen molar-refractivity contribution in [2.45, 2.75) is 52.9 Å². The molecule has 0 radical (unpaired) electrons.